The van der Waals surface area contributed by atoms with Crippen LogP contribution in [0.25, 0.3) is 0 Å². The monoisotopic (exact) mass is 266 g/mol. The Morgan fingerprint density at radius 1 is 1.47 bits per heavy atom. The van der Waals surface area contributed by atoms with Gasteiger partial charge in [-0.15, -0.1) is 0 Å². The summed E-state index contributed by atoms with van der Waals surface area (Å²) in [6.07, 6.45) is 2.15. The maximum absolute atomic E-state index is 11.9. The van der Waals surface area contributed by atoms with Crippen molar-refractivity contribution in [1.82, 2.24) is 20.0 Å². The molecule has 1 saturated heterocycles. The minimum atomic E-state index is -0.0747. The SMILES string of the molecule is C[C@@H]1CN(CCNC(=O)c2ccnn2C)C[C@@H](C)O1. The van der Waals surface area contributed by atoms with Crippen LogP contribution in [-0.4, -0.2) is 59.0 Å². The molecule has 0 aromatic carbocycles. The van der Waals surface area contributed by atoms with E-state index in [0.29, 0.717) is 12.2 Å². The first-order valence-corrected chi connectivity index (χ1v) is 6.70. The van der Waals surface area contributed by atoms with Gasteiger partial charge in [-0.2, -0.15) is 5.10 Å². The number of ether oxygens (including phenoxy) is 1. The summed E-state index contributed by atoms with van der Waals surface area (Å²) in [7, 11) is 1.76. The molecule has 6 heteroatoms. The van der Waals surface area contributed by atoms with Gasteiger partial charge >= 0.3 is 0 Å². The minimum absolute atomic E-state index is 0.0747. The predicted molar refractivity (Wildman–Crippen MR) is 72.0 cm³/mol. The fourth-order valence-corrected chi connectivity index (χ4v) is 2.48. The number of rotatable bonds is 4. The molecular formula is C13H22N4O2. The number of nitrogens with one attached hydrogen (secondary N) is 1. The lowest BCUT2D eigenvalue weighted by Crippen LogP contribution is -2.47. The zero-order valence-corrected chi connectivity index (χ0v) is 11.8. The maximum Gasteiger partial charge on any atom is 0.269 e. The van der Waals surface area contributed by atoms with E-state index in [2.05, 4.69) is 29.2 Å². The van der Waals surface area contributed by atoms with Gasteiger partial charge in [0.1, 0.15) is 5.69 Å². The van der Waals surface area contributed by atoms with Gasteiger partial charge in [0.15, 0.2) is 0 Å². The highest BCUT2D eigenvalue weighted by molar-refractivity contribution is 5.92. The fraction of sp³-hybridized carbons (Fsp3) is 0.692. The van der Waals surface area contributed by atoms with Gasteiger partial charge < -0.3 is 10.1 Å². The zero-order chi connectivity index (χ0) is 13.8. The van der Waals surface area contributed by atoms with Crippen molar-refractivity contribution in [3.05, 3.63) is 18.0 Å². The molecule has 1 fully saturated rings. The van der Waals surface area contributed by atoms with Crippen LogP contribution in [0.4, 0.5) is 0 Å². The summed E-state index contributed by atoms with van der Waals surface area (Å²) in [6, 6.07) is 1.72. The largest absolute Gasteiger partial charge is 0.373 e. The van der Waals surface area contributed by atoms with Crippen LogP contribution in [0.15, 0.2) is 12.3 Å². The molecule has 1 aromatic heterocycles. The number of morpholine rings is 1. The first-order chi connectivity index (χ1) is 9.06. The zero-order valence-electron chi connectivity index (χ0n) is 11.8. The average molecular weight is 266 g/mol. The Morgan fingerprint density at radius 2 is 2.16 bits per heavy atom. The molecule has 0 unspecified atom stereocenters. The van der Waals surface area contributed by atoms with E-state index in [1.165, 1.54) is 0 Å². The lowest BCUT2D eigenvalue weighted by molar-refractivity contribution is -0.0672. The van der Waals surface area contributed by atoms with Gasteiger partial charge in [0.25, 0.3) is 5.91 Å². The van der Waals surface area contributed by atoms with Crippen molar-refractivity contribution in [3.63, 3.8) is 0 Å². The van der Waals surface area contributed by atoms with Crippen LogP contribution in [0.2, 0.25) is 0 Å². The summed E-state index contributed by atoms with van der Waals surface area (Å²) in [4.78, 5) is 14.2. The number of hydrogen-bond acceptors (Lipinski definition) is 4. The number of aryl methyl sites for hydroxylation is 1. The Morgan fingerprint density at radius 3 is 2.74 bits per heavy atom. The molecule has 1 aliphatic heterocycles. The number of amides is 1. The summed E-state index contributed by atoms with van der Waals surface area (Å²) >= 11 is 0. The van der Waals surface area contributed by atoms with Crippen molar-refractivity contribution in [2.75, 3.05) is 26.2 Å². The molecule has 0 radical (unpaired) electrons. The average Bonchev–Trinajstić information content (AvgIpc) is 2.74. The summed E-state index contributed by atoms with van der Waals surface area (Å²) in [5.74, 6) is -0.0747. The molecule has 1 N–H and O–H groups in total. The molecule has 1 amide bonds. The molecule has 0 aliphatic carbocycles. The van der Waals surface area contributed by atoms with Crippen molar-refractivity contribution in [1.29, 1.82) is 0 Å². The summed E-state index contributed by atoms with van der Waals surface area (Å²) in [5, 5.41) is 6.90. The van der Waals surface area contributed by atoms with E-state index in [9.17, 15) is 4.79 Å². The van der Waals surface area contributed by atoms with Crippen LogP contribution in [0.5, 0.6) is 0 Å². The number of carbonyl (C=O) groups is 1. The second kappa shape index (κ2) is 6.16. The Bertz CT molecular complexity index is 422. The van der Waals surface area contributed by atoms with Crippen LogP contribution in [-0.2, 0) is 11.8 Å². The fourth-order valence-electron chi connectivity index (χ4n) is 2.48. The standard InChI is InChI=1S/C13H22N4O2/c1-10-8-17(9-11(2)19-10)7-6-14-13(18)12-4-5-15-16(12)3/h4-5,10-11H,6-9H2,1-3H3,(H,14,18)/t10-,11-/m1/s1. The van der Waals surface area contributed by atoms with Crippen LogP contribution in [0.1, 0.15) is 24.3 Å². The van der Waals surface area contributed by atoms with Crippen molar-refractivity contribution in [2.45, 2.75) is 26.1 Å². The van der Waals surface area contributed by atoms with Crippen LogP contribution >= 0.6 is 0 Å². The Balaban J connectivity index is 1.75. The number of hydrogen-bond donors (Lipinski definition) is 1. The second-order valence-corrected chi connectivity index (χ2v) is 5.11. The van der Waals surface area contributed by atoms with E-state index in [4.69, 9.17) is 4.74 Å². The Kier molecular flexibility index (Phi) is 4.55. The van der Waals surface area contributed by atoms with Crippen molar-refractivity contribution in [3.8, 4) is 0 Å². The van der Waals surface area contributed by atoms with Crippen molar-refractivity contribution >= 4 is 5.91 Å². The Labute approximate surface area is 113 Å². The molecule has 2 rings (SSSR count). The molecule has 0 bridgehead atoms. The molecule has 1 aliphatic rings. The van der Waals surface area contributed by atoms with E-state index < -0.39 is 0 Å². The van der Waals surface area contributed by atoms with Gasteiger partial charge in [0, 0.05) is 39.4 Å². The summed E-state index contributed by atoms with van der Waals surface area (Å²) < 4.78 is 7.26. The quantitative estimate of drug-likeness (QED) is 0.849. The maximum atomic E-state index is 11.9. The highest BCUT2D eigenvalue weighted by atomic mass is 16.5. The van der Waals surface area contributed by atoms with Gasteiger partial charge in [0.2, 0.25) is 0 Å². The third kappa shape index (κ3) is 3.78. The highest BCUT2D eigenvalue weighted by Crippen LogP contribution is 2.09. The molecule has 2 heterocycles. The molecule has 106 valence electrons. The van der Waals surface area contributed by atoms with Crippen molar-refractivity contribution < 1.29 is 9.53 Å². The van der Waals surface area contributed by atoms with E-state index >= 15 is 0 Å². The van der Waals surface area contributed by atoms with Gasteiger partial charge in [-0.3, -0.25) is 14.4 Å². The highest BCUT2D eigenvalue weighted by Gasteiger charge is 2.21. The van der Waals surface area contributed by atoms with Crippen LogP contribution in [0.3, 0.4) is 0 Å². The van der Waals surface area contributed by atoms with Gasteiger partial charge in [-0.05, 0) is 19.9 Å². The van der Waals surface area contributed by atoms with Gasteiger partial charge in [-0.25, -0.2) is 0 Å². The minimum Gasteiger partial charge on any atom is -0.373 e. The predicted octanol–water partition coefficient (Wildman–Crippen LogP) is 0.259. The first kappa shape index (κ1) is 14.0. The molecular weight excluding hydrogens is 244 g/mol. The summed E-state index contributed by atoms with van der Waals surface area (Å²) in [5.41, 5.74) is 0.587. The lowest BCUT2D eigenvalue weighted by atomic mass is 10.2. The van der Waals surface area contributed by atoms with Crippen LogP contribution < -0.4 is 5.32 Å². The molecule has 0 saturated carbocycles. The second-order valence-electron chi connectivity index (χ2n) is 5.11. The number of nitrogens with zero attached hydrogens (tertiary/aromatic N) is 3. The van der Waals surface area contributed by atoms with Crippen molar-refractivity contribution in [2.24, 2.45) is 7.05 Å². The smallest absolute Gasteiger partial charge is 0.269 e. The topological polar surface area (TPSA) is 59.4 Å². The number of carbonyl (C=O) groups excluding carboxylic acids is 1. The lowest BCUT2D eigenvalue weighted by Gasteiger charge is -2.35. The van der Waals surface area contributed by atoms with Crippen LogP contribution in [0, 0.1) is 0 Å². The normalized spacial score (nSPS) is 24.4. The molecule has 19 heavy (non-hydrogen) atoms. The first-order valence-electron chi connectivity index (χ1n) is 6.70. The molecule has 2 atom stereocenters. The van der Waals surface area contributed by atoms with E-state index in [-0.39, 0.29) is 18.1 Å². The molecule has 6 nitrogen and oxygen atoms in total. The molecule has 0 spiro atoms. The molecule has 1 aromatic rings. The third-order valence-corrected chi connectivity index (χ3v) is 3.26. The van der Waals surface area contributed by atoms with Gasteiger partial charge in [0.05, 0.1) is 12.2 Å². The van der Waals surface area contributed by atoms with E-state index in [1.807, 2.05) is 0 Å². The van der Waals surface area contributed by atoms with Gasteiger partial charge in [-0.1, -0.05) is 0 Å². The third-order valence-electron chi connectivity index (χ3n) is 3.26. The number of aromatic nitrogens is 2. The van der Waals surface area contributed by atoms with E-state index in [0.717, 1.165) is 19.6 Å². The van der Waals surface area contributed by atoms with E-state index in [1.54, 1.807) is 24.0 Å². The summed E-state index contributed by atoms with van der Waals surface area (Å²) in [6.45, 7) is 7.50. The Hall–Kier alpha value is -1.40.